The quantitative estimate of drug-likeness (QED) is 0.772. The van der Waals surface area contributed by atoms with E-state index in [1.54, 1.807) is 0 Å². The van der Waals surface area contributed by atoms with Crippen LogP contribution in [-0.4, -0.2) is 36.8 Å². The van der Waals surface area contributed by atoms with Crippen LogP contribution in [-0.2, 0) is 0 Å². The molecule has 0 unspecified atom stereocenters. The van der Waals surface area contributed by atoms with Gasteiger partial charge in [-0.2, -0.15) is 0 Å². The predicted octanol–water partition coefficient (Wildman–Crippen LogP) is 3.41. The van der Waals surface area contributed by atoms with Crippen molar-refractivity contribution in [1.29, 1.82) is 0 Å². The Hall–Kier alpha value is -2.26. The minimum absolute atomic E-state index is 0.917. The first-order valence-corrected chi connectivity index (χ1v) is 7.30. The number of para-hydroxylation sites is 1. The van der Waals surface area contributed by atoms with Gasteiger partial charge in [0, 0.05) is 30.2 Å². The maximum Gasteiger partial charge on any atom is 0.0698 e. The number of hydrogen-bond donors (Lipinski definition) is 1. The van der Waals surface area contributed by atoms with Gasteiger partial charge in [0.2, 0.25) is 0 Å². The molecule has 1 heterocycles. The molecule has 0 aliphatic heterocycles. The molecule has 0 spiro atoms. The Labute approximate surface area is 125 Å². The van der Waals surface area contributed by atoms with E-state index in [9.17, 15) is 0 Å². The van der Waals surface area contributed by atoms with Crippen molar-refractivity contribution in [2.75, 3.05) is 32.6 Å². The summed E-state index contributed by atoms with van der Waals surface area (Å²) in [6.45, 7) is 1.92. The van der Waals surface area contributed by atoms with Crippen LogP contribution in [0.4, 0.5) is 0 Å². The monoisotopic (exact) mass is 279 g/mol. The molecule has 108 valence electrons. The first-order valence-electron chi connectivity index (χ1n) is 7.30. The molecule has 0 saturated carbocycles. The van der Waals surface area contributed by atoms with E-state index < -0.39 is 0 Å². The summed E-state index contributed by atoms with van der Waals surface area (Å²) in [4.78, 5) is 2.18. The highest BCUT2D eigenvalue weighted by atomic mass is 15.4. The molecule has 0 radical (unpaired) electrons. The molecule has 1 N–H and O–H groups in total. The number of nitrogens with zero attached hydrogens (tertiary/aromatic N) is 2. The van der Waals surface area contributed by atoms with E-state index in [0.29, 0.717) is 0 Å². The SMILES string of the molecule is CN(C)CCNn1cc(-c2ccccc2)c2ccccc21. The maximum absolute atomic E-state index is 3.48. The lowest BCUT2D eigenvalue weighted by atomic mass is 10.1. The Morgan fingerprint density at radius 2 is 1.67 bits per heavy atom. The zero-order valence-corrected chi connectivity index (χ0v) is 12.6. The van der Waals surface area contributed by atoms with Crippen molar-refractivity contribution in [2.45, 2.75) is 0 Å². The van der Waals surface area contributed by atoms with Gasteiger partial charge in [-0.3, -0.25) is 4.68 Å². The third-order valence-corrected chi connectivity index (χ3v) is 3.64. The van der Waals surface area contributed by atoms with Crippen LogP contribution < -0.4 is 5.43 Å². The summed E-state index contributed by atoms with van der Waals surface area (Å²) in [5, 5.41) is 1.28. The number of nitrogens with one attached hydrogen (secondary N) is 1. The summed E-state index contributed by atoms with van der Waals surface area (Å²) >= 11 is 0. The summed E-state index contributed by atoms with van der Waals surface area (Å²) in [6, 6.07) is 19.1. The van der Waals surface area contributed by atoms with Gasteiger partial charge in [-0.05, 0) is 25.7 Å². The molecule has 0 amide bonds. The molecule has 0 saturated heterocycles. The Morgan fingerprint density at radius 3 is 2.43 bits per heavy atom. The van der Waals surface area contributed by atoms with Crippen molar-refractivity contribution in [2.24, 2.45) is 0 Å². The van der Waals surface area contributed by atoms with E-state index >= 15 is 0 Å². The minimum atomic E-state index is 0.917. The van der Waals surface area contributed by atoms with Crippen LogP contribution >= 0.6 is 0 Å². The second-order valence-corrected chi connectivity index (χ2v) is 5.51. The Bertz CT molecular complexity index is 714. The van der Waals surface area contributed by atoms with Crippen LogP contribution in [0.2, 0.25) is 0 Å². The van der Waals surface area contributed by atoms with E-state index in [1.807, 2.05) is 0 Å². The summed E-state index contributed by atoms with van der Waals surface area (Å²) in [5.74, 6) is 0. The zero-order chi connectivity index (χ0) is 14.7. The molecular weight excluding hydrogens is 258 g/mol. The second-order valence-electron chi connectivity index (χ2n) is 5.51. The van der Waals surface area contributed by atoms with Gasteiger partial charge in [-0.15, -0.1) is 0 Å². The van der Waals surface area contributed by atoms with Crippen LogP contribution in [0.1, 0.15) is 0 Å². The van der Waals surface area contributed by atoms with Crippen LogP contribution in [0.5, 0.6) is 0 Å². The molecule has 1 aromatic heterocycles. The van der Waals surface area contributed by atoms with Crippen molar-refractivity contribution in [3.05, 3.63) is 60.8 Å². The summed E-state index contributed by atoms with van der Waals surface area (Å²) in [6.07, 6.45) is 2.19. The lowest BCUT2D eigenvalue weighted by Gasteiger charge is -2.12. The van der Waals surface area contributed by atoms with Crippen LogP contribution in [0.3, 0.4) is 0 Å². The molecule has 3 aromatic rings. The molecule has 0 atom stereocenters. The van der Waals surface area contributed by atoms with Gasteiger partial charge in [0.05, 0.1) is 5.52 Å². The van der Waals surface area contributed by atoms with Gasteiger partial charge in [0.25, 0.3) is 0 Å². The van der Waals surface area contributed by atoms with Crippen LogP contribution in [0.25, 0.3) is 22.0 Å². The van der Waals surface area contributed by atoms with E-state index in [2.05, 4.69) is 89.9 Å². The van der Waals surface area contributed by atoms with Gasteiger partial charge in [-0.25, -0.2) is 0 Å². The van der Waals surface area contributed by atoms with Crippen molar-refractivity contribution < 1.29 is 0 Å². The van der Waals surface area contributed by atoms with E-state index in [1.165, 1.54) is 22.0 Å². The summed E-state index contributed by atoms with van der Waals surface area (Å²) < 4.78 is 2.14. The van der Waals surface area contributed by atoms with Gasteiger partial charge in [-0.1, -0.05) is 48.5 Å². The highest BCUT2D eigenvalue weighted by Crippen LogP contribution is 2.29. The summed E-state index contributed by atoms with van der Waals surface area (Å²) in [7, 11) is 4.18. The highest BCUT2D eigenvalue weighted by Gasteiger charge is 2.09. The number of rotatable bonds is 5. The molecule has 3 nitrogen and oxygen atoms in total. The van der Waals surface area contributed by atoms with Gasteiger partial charge >= 0.3 is 0 Å². The third kappa shape index (κ3) is 2.93. The molecule has 0 aliphatic carbocycles. The van der Waals surface area contributed by atoms with E-state index in [0.717, 1.165) is 13.1 Å². The van der Waals surface area contributed by atoms with Gasteiger partial charge in [0.15, 0.2) is 0 Å². The molecule has 2 aromatic carbocycles. The number of hydrogen-bond acceptors (Lipinski definition) is 2. The number of likely N-dealkylation sites (N-methyl/N-ethyl adjacent to an activating group) is 1. The number of benzene rings is 2. The standard InChI is InChI=1S/C18H21N3/c1-20(2)13-12-19-21-14-17(15-8-4-3-5-9-15)16-10-6-7-11-18(16)21/h3-11,14,19H,12-13H2,1-2H3. The lowest BCUT2D eigenvalue weighted by Crippen LogP contribution is -2.25. The maximum atomic E-state index is 3.48. The second kappa shape index (κ2) is 6.02. The first-order chi connectivity index (χ1) is 10.3. The van der Waals surface area contributed by atoms with Crippen molar-refractivity contribution in [3.8, 4) is 11.1 Å². The molecule has 3 rings (SSSR count). The predicted molar refractivity (Wildman–Crippen MR) is 90.2 cm³/mol. The average Bonchev–Trinajstić information content (AvgIpc) is 2.87. The molecule has 0 aliphatic rings. The molecule has 0 bridgehead atoms. The average molecular weight is 279 g/mol. The Morgan fingerprint density at radius 1 is 0.952 bits per heavy atom. The summed E-state index contributed by atoms with van der Waals surface area (Å²) in [5.41, 5.74) is 7.22. The molecule has 3 heteroatoms. The Kier molecular flexibility index (Phi) is 3.93. The van der Waals surface area contributed by atoms with Crippen molar-refractivity contribution in [3.63, 3.8) is 0 Å². The van der Waals surface area contributed by atoms with Gasteiger partial charge in [0.1, 0.15) is 0 Å². The normalized spacial score (nSPS) is 11.2. The molecule has 21 heavy (non-hydrogen) atoms. The topological polar surface area (TPSA) is 20.2 Å². The Balaban J connectivity index is 1.98. The fraction of sp³-hybridized carbons (Fsp3) is 0.222. The zero-order valence-electron chi connectivity index (χ0n) is 12.6. The van der Waals surface area contributed by atoms with Crippen LogP contribution in [0.15, 0.2) is 60.8 Å². The molecular formula is C18H21N3. The minimum Gasteiger partial charge on any atom is -0.325 e. The van der Waals surface area contributed by atoms with Crippen LogP contribution in [0, 0.1) is 0 Å². The van der Waals surface area contributed by atoms with E-state index in [-0.39, 0.29) is 0 Å². The lowest BCUT2D eigenvalue weighted by molar-refractivity contribution is 0.420. The third-order valence-electron chi connectivity index (χ3n) is 3.64. The number of aromatic nitrogens is 1. The van der Waals surface area contributed by atoms with E-state index in [4.69, 9.17) is 0 Å². The van der Waals surface area contributed by atoms with Gasteiger partial charge < -0.3 is 10.3 Å². The molecule has 0 fully saturated rings. The highest BCUT2D eigenvalue weighted by molar-refractivity contribution is 5.96. The first kappa shape index (κ1) is 13.7. The fourth-order valence-corrected chi connectivity index (χ4v) is 2.55. The van der Waals surface area contributed by atoms with Crippen molar-refractivity contribution >= 4 is 10.9 Å². The van der Waals surface area contributed by atoms with Crippen molar-refractivity contribution in [1.82, 2.24) is 9.58 Å². The smallest absolute Gasteiger partial charge is 0.0698 e. The number of fused-ring (bicyclic) bond motifs is 1. The fourth-order valence-electron chi connectivity index (χ4n) is 2.55. The largest absolute Gasteiger partial charge is 0.325 e.